The molecule has 0 fully saturated rings. The third-order valence-electron chi connectivity index (χ3n) is 1.98. The minimum absolute atomic E-state index is 0.457. The first-order chi connectivity index (χ1) is 8.65. The maximum absolute atomic E-state index is 5.19. The standard InChI is InChI=1S/C11H8Br2N4S/c12-8-2-1-5-14-10(8)17-11(18)16-7-3-4-9(13)15-6-7/h1-6H,(H2,14,16,17,18). The summed E-state index contributed by atoms with van der Waals surface area (Å²) in [6, 6.07) is 7.43. The molecule has 0 atom stereocenters. The molecule has 2 heterocycles. The van der Waals surface area contributed by atoms with E-state index >= 15 is 0 Å². The summed E-state index contributed by atoms with van der Waals surface area (Å²) in [6.07, 6.45) is 3.38. The molecule has 2 rings (SSSR count). The number of thiocarbonyl (C=S) groups is 1. The van der Waals surface area contributed by atoms with Crippen LogP contribution in [0.1, 0.15) is 0 Å². The van der Waals surface area contributed by atoms with Crippen LogP contribution in [0.25, 0.3) is 0 Å². The van der Waals surface area contributed by atoms with Crippen LogP contribution in [0.5, 0.6) is 0 Å². The van der Waals surface area contributed by atoms with Crippen LogP contribution in [-0.2, 0) is 0 Å². The first-order valence-corrected chi connectivity index (χ1v) is 6.94. The molecular formula is C11H8Br2N4S. The second kappa shape index (κ2) is 6.21. The molecule has 0 spiro atoms. The van der Waals surface area contributed by atoms with Crippen LogP contribution in [-0.4, -0.2) is 15.1 Å². The highest BCUT2D eigenvalue weighted by Gasteiger charge is 2.03. The number of rotatable bonds is 2. The largest absolute Gasteiger partial charge is 0.331 e. The second-order valence-corrected chi connectivity index (χ2v) is 5.36. The van der Waals surface area contributed by atoms with Crippen LogP contribution in [0.4, 0.5) is 11.5 Å². The molecule has 92 valence electrons. The lowest BCUT2D eigenvalue weighted by molar-refractivity contribution is 1.27. The topological polar surface area (TPSA) is 49.8 Å². The molecule has 7 heteroatoms. The van der Waals surface area contributed by atoms with E-state index in [1.165, 1.54) is 0 Å². The SMILES string of the molecule is S=C(Nc1ccc(Br)nc1)Nc1ncccc1Br. The maximum atomic E-state index is 5.19. The molecule has 0 bridgehead atoms. The number of aromatic nitrogens is 2. The summed E-state index contributed by atoms with van der Waals surface area (Å²) in [6.45, 7) is 0. The van der Waals surface area contributed by atoms with Gasteiger partial charge in [0.15, 0.2) is 5.11 Å². The van der Waals surface area contributed by atoms with E-state index in [4.69, 9.17) is 12.2 Å². The highest BCUT2D eigenvalue weighted by Crippen LogP contribution is 2.18. The first-order valence-electron chi connectivity index (χ1n) is 4.95. The van der Waals surface area contributed by atoms with Crippen molar-refractivity contribution in [1.82, 2.24) is 9.97 Å². The van der Waals surface area contributed by atoms with Crippen molar-refractivity contribution in [2.45, 2.75) is 0 Å². The summed E-state index contributed by atoms with van der Waals surface area (Å²) in [5, 5.41) is 6.47. The lowest BCUT2D eigenvalue weighted by Crippen LogP contribution is -2.20. The number of hydrogen-bond donors (Lipinski definition) is 2. The molecule has 0 aliphatic rings. The van der Waals surface area contributed by atoms with E-state index in [2.05, 4.69) is 52.5 Å². The van der Waals surface area contributed by atoms with E-state index in [0.717, 1.165) is 14.8 Å². The van der Waals surface area contributed by atoms with E-state index in [1.807, 2.05) is 24.3 Å². The first kappa shape index (κ1) is 13.4. The highest BCUT2D eigenvalue weighted by molar-refractivity contribution is 9.10. The normalized spacial score (nSPS) is 9.89. The number of nitrogens with one attached hydrogen (secondary N) is 2. The fourth-order valence-corrected chi connectivity index (χ4v) is 2.00. The Hall–Kier alpha value is -1.05. The number of nitrogens with zero attached hydrogens (tertiary/aromatic N) is 2. The summed E-state index contributed by atoms with van der Waals surface area (Å²) >= 11 is 11.8. The van der Waals surface area contributed by atoms with E-state index in [0.29, 0.717) is 10.9 Å². The molecule has 0 radical (unpaired) electrons. The Morgan fingerprint density at radius 1 is 1.11 bits per heavy atom. The fraction of sp³-hybridized carbons (Fsp3) is 0. The van der Waals surface area contributed by atoms with Crippen LogP contribution in [0, 0.1) is 0 Å². The summed E-state index contributed by atoms with van der Waals surface area (Å²) in [7, 11) is 0. The van der Waals surface area contributed by atoms with Crippen molar-refractivity contribution in [3.63, 3.8) is 0 Å². The summed E-state index contributed by atoms with van der Waals surface area (Å²) in [4.78, 5) is 8.26. The maximum Gasteiger partial charge on any atom is 0.176 e. The van der Waals surface area contributed by atoms with Crippen molar-refractivity contribution in [3.8, 4) is 0 Å². The van der Waals surface area contributed by atoms with E-state index in [-0.39, 0.29) is 0 Å². The van der Waals surface area contributed by atoms with Crippen molar-refractivity contribution in [2.75, 3.05) is 10.6 Å². The zero-order chi connectivity index (χ0) is 13.0. The van der Waals surface area contributed by atoms with Crippen LogP contribution in [0.2, 0.25) is 0 Å². The second-order valence-electron chi connectivity index (χ2n) is 3.28. The molecule has 2 N–H and O–H groups in total. The third kappa shape index (κ3) is 3.72. The Labute approximate surface area is 126 Å². The van der Waals surface area contributed by atoms with Gasteiger partial charge in [0.25, 0.3) is 0 Å². The van der Waals surface area contributed by atoms with Gasteiger partial charge in [0.05, 0.1) is 16.4 Å². The smallest absolute Gasteiger partial charge is 0.176 e. The number of halogens is 2. The van der Waals surface area contributed by atoms with Crippen LogP contribution in [0.15, 0.2) is 45.7 Å². The van der Waals surface area contributed by atoms with Gasteiger partial charge in [-0.1, -0.05) is 0 Å². The summed E-state index contributed by atoms with van der Waals surface area (Å²) in [5.41, 5.74) is 0.808. The van der Waals surface area contributed by atoms with Crippen molar-refractivity contribution >= 4 is 60.7 Å². The van der Waals surface area contributed by atoms with Gasteiger partial charge in [-0.25, -0.2) is 9.97 Å². The highest BCUT2D eigenvalue weighted by atomic mass is 79.9. The van der Waals surface area contributed by atoms with Crippen molar-refractivity contribution < 1.29 is 0 Å². The molecule has 4 nitrogen and oxygen atoms in total. The van der Waals surface area contributed by atoms with Gasteiger partial charge in [-0.3, -0.25) is 0 Å². The molecular weight excluding hydrogens is 380 g/mol. The molecule has 0 aliphatic carbocycles. The van der Waals surface area contributed by atoms with Crippen molar-refractivity contribution in [3.05, 3.63) is 45.7 Å². The van der Waals surface area contributed by atoms with Crippen LogP contribution in [0.3, 0.4) is 0 Å². The van der Waals surface area contributed by atoms with Gasteiger partial charge >= 0.3 is 0 Å². The molecule has 18 heavy (non-hydrogen) atoms. The van der Waals surface area contributed by atoms with Gasteiger partial charge in [0, 0.05) is 6.20 Å². The molecule has 0 amide bonds. The minimum atomic E-state index is 0.457. The predicted octanol–water partition coefficient (Wildman–Crippen LogP) is 3.81. The number of pyridine rings is 2. The van der Waals surface area contributed by atoms with E-state index in [1.54, 1.807) is 12.4 Å². The van der Waals surface area contributed by atoms with Gasteiger partial charge < -0.3 is 10.6 Å². The Morgan fingerprint density at radius 3 is 2.61 bits per heavy atom. The van der Waals surface area contributed by atoms with Crippen molar-refractivity contribution in [2.24, 2.45) is 0 Å². The quantitative estimate of drug-likeness (QED) is 0.606. The average Bonchev–Trinajstić information content (AvgIpc) is 2.35. The molecule has 0 saturated heterocycles. The predicted molar refractivity (Wildman–Crippen MR) is 83.7 cm³/mol. The number of anilines is 2. The molecule has 2 aromatic heterocycles. The van der Waals surface area contributed by atoms with Crippen molar-refractivity contribution in [1.29, 1.82) is 0 Å². The lowest BCUT2D eigenvalue weighted by Gasteiger charge is -2.10. The van der Waals surface area contributed by atoms with Gasteiger partial charge in [-0.15, -0.1) is 0 Å². The van der Waals surface area contributed by atoms with Gasteiger partial charge in [0.1, 0.15) is 10.4 Å². The minimum Gasteiger partial charge on any atom is -0.331 e. The lowest BCUT2D eigenvalue weighted by atomic mass is 10.4. The zero-order valence-corrected chi connectivity index (χ0v) is 13.0. The monoisotopic (exact) mass is 386 g/mol. The molecule has 0 saturated carbocycles. The summed E-state index contributed by atoms with van der Waals surface area (Å²) in [5.74, 6) is 0.667. The Morgan fingerprint density at radius 2 is 1.94 bits per heavy atom. The van der Waals surface area contributed by atoms with Gasteiger partial charge in [-0.05, 0) is 68.3 Å². The fourth-order valence-electron chi connectivity index (χ4n) is 1.20. The molecule has 0 unspecified atom stereocenters. The number of hydrogen-bond acceptors (Lipinski definition) is 3. The Bertz CT molecular complexity index is 559. The molecule has 0 aliphatic heterocycles. The van der Waals surface area contributed by atoms with E-state index < -0.39 is 0 Å². The average molecular weight is 388 g/mol. The Kier molecular flexibility index (Phi) is 4.62. The third-order valence-corrected chi connectivity index (χ3v) is 3.29. The zero-order valence-electron chi connectivity index (χ0n) is 9.02. The van der Waals surface area contributed by atoms with Gasteiger partial charge in [-0.2, -0.15) is 0 Å². The Balaban J connectivity index is 2.01. The molecule has 0 aromatic carbocycles. The summed E-state index contributed by atoms with van der Waals surface area (Å²) < 4.78 is 1.63. The van der Waals surface area contributed by atoms with Gasteiger partial charge in [0.2, 0.25) is 0 Å². The van der Waals surface area contributed by atoms with Crippen LogP contribution < -0.4 is 10.6 Å². The van der Waals surface area contributed by atoms with Crippen LogP contribution >= 0.6 is 44.1 Å². The van der Waals surface area contributed by atoms with E-state index in [9.17, 15) is 0 Å². The molecule has 2 aromatic rings.